The number of likely N-dealkylation sites (tertiary alicyclic amines) is 1. The topological polar surface area (TPSA) is 82.2 Å². The van der Waals surface area contributed by atoms with Gasteiger partial charge in [-0.3, -0.25) is 9.59 Å². The summed E-state index contributed by atoms with van der Waals surface area (Å²) in [5.41, 5.74) is 3.28. The Labute approximate surface area is 176 Å². The Morgan fingerprint density at radius 1 is 1.27 bits per heavy atom. The summed E-state index contributed by atoms with van der Waals surface area (Å²) in [6.07, 6.45) is 5.79. The molecule has 4 rings (SSSR count). The highest BCUT2D eigenvalue weighted by Gasteiger charge is 2.27. The number of carbonyl (C=O) groups is 2. The van der Waals surface area contributed by atoms with E-state index in [0.717, 1.165) is 35.9 Å². The van der Waals surface area contributed by atoms with E-state index in [9.17, 15) is 9.59 Å². The van der Waals surface area contributed by atoms with Crippen molar-refractivity contribution in [1.29, 1.82) is 0 Å². The molecule has 0 aliphatic carbocycles. The average molecular weight is 406 g/mol. The summed E-state index contributed by atoms with van der Waals surface area (Å²) < 4.78 is 0. The number of hydrogen-bond donors (Lipinski definition) is 1. The van der Waals surface area contributed by atoms with Crippen LogP contribution in [0.2, 0.25) is 0 Å². The molecule has 3 heterocycles. The largest absolute Gasteiger partial charge is 0.361 e. The molecule has 30 heavy (non-hydrogen) atoms. The number of fused-ring (bicyclic) bond motifs is 1. The van der Waals surface area contributed by atoms with Gasteiger partial charge in [0.15, 0.2) is 0 Å². The van der Waals surface area contributed by atoms with Gasteiger partial charge in [-0.15, -0.1) is 0 Å². The van der Waals surface area contributed by atoms with E-state index in [4.69, 9.17) is 0 Å². The number of aromatic nitrogens is 3. The monoisotopic (exact) mass is 405 g/mol. The third-order valence-electron chi connectivity index (χ3n) is 5.79. The highest BCUT2D eigenvalue weighted by Crippen LogP contribution is 2.26. The van der Waals surface area contributed by atoms with E-state index < -0.39 is 0 Å². The highest BCUT2D eigenvalue weighted by molar-refractivity contribution is 5.94. The van der Waals surface area contributed by atoms with Gasteiger partial charge in [0, 0.05) is 56.4 Å². The quantitative estimate of drug-likeness (QED) is 0.724. The van der Waals surface area contributed by atoms with Crippen LogP contribution >= 0.6 is 0 Å². The van der Waals surface area contributed by atoms with Gasteiger partial charge in [0.25, 0.3) is 5.91 Å². The summed E-state index contributed by atoms with van der Waals surface area (Å²) in [6.45, 7) is 3.21. The van der Waals surface area contributed by atoms with Crippen molar-refractivity contribution < 1.29 is 9.59 Å². The number of benzene rings is 1. The van der Waals surface area contributed by atoms with E-state index in [1.54, 1.807) is 20.3 Å². The Kier molecular flexibility index (Phi) is 5.53. The van der Waals surface area contributed by atoms with Crippen molar-refractivity contribution in [2.75, 3.05) is 27.2 Å². The van der Waals surface area contributed by atoms with E-state index in [-0.39, 0.29) is 17.7 Å². The zero-order valence-corrected chi connectivity index (χ0v) is 17.7. The molecule has 1 aliphatic rings. The van der Waals surface area contributed by atoms with Crippen LogP contribution < -0.4 is 0 Å². The summed E-state index contributed by atoms with van der Waals surface area (Å²) in [4.78, 5) is 41.0. The predicted molar refractivity (Wildman–Crippen MR) is 115 cm³/mol. The van der Waals surface area contributed by atoms with Gasteiger partial charge in [0.1, 0.15) is 5.82 Å². The normalized spacial score (nSPS) is 16.6. The number of aromatic amines is 1. The van der Waals surface area contributed by atoms with Crippen molar-refractivity contribution >= 4 is 22.7 Å². The summed E-state index contributed by atoms with van der Waals surface area (Å²) in [6, 6.07) is 8.04. The van der Waals surface area contributed by atoms with E-state index in [1.165, 1.54) is 4.90 Å². The van der Waals surface area contributed by atoms with Crippen LogP contribution in [0.4, 0.5) is 0 Å². The molecule has 156 valence electrons. The molecule has 0 bridgehead atoms. The summed E-state index contributed by atoms with van der Waals surface area (Å²) in [5, 5.41) is 1.10. The maximum absolute atomic E-state index is 13.0. The van der Waals surface area contributed by atoms with Gasteiger partial charge in [-0.25, -0.2) is 9.97 Å². The number of aryl methyl sites for hydroxylation is 1. The van der Waals surface area contributed by atoms with Gasteiger partial charge in [0.2, 0.25) is 5.91 Å². The molecule has 1 N–H and O–H groups in total. The summed E-state index contributed by atoms with van der Waals surface area (Å²) >= 11 is 0. The second-order valence-corrected chi connectivity index (χ2v) is 8.14. The molecule has 0 saturated carbocycles. The van der Waals surface area contributed by atoms with Crippen LogP contribution in [-0.4, -0.2) is 63.8 Å². The van der Waals surface area contributed by atoms with E-state index in [2.05, 4.69) is 15.0 Å². The van der Waals surface area contributed by atoms with Crippen LogP contribution in [0.3, 0.4) is 0 Å². The summed E-state index contributed by atoms with van der Waals surface area (Å²) in [5.74, 6) is 0.832. The Hall–Kier alpha value is -3.22. The van der Waals surface area contributed by atoms with Crippen molar-refractivity contribution in [2.45, 2.75) is 32.1 Å². The Balaban J connectivity index is 1.47. The first-order valence-corrected chi connectivity index (χ1v) is 10.3. The smallest absolute Gasteiger partial charge is 0.256 e. The van der Waals surface area contributed by atoms with Gasteiger partial charge >= 0.3 is 0 Å². The number of H-pyrrole nitrogens is 1. The predicted octanol–water partition coefficient (Wildman–Crippen LogP) is 2.92. The Morgan fingerprint density at radius 2 is 2.07 bits per heavy atom. The molecule has 1 unspecified atom stereocenters. The molecule has 2 aromatic heterocycles. The molecule has 2 amide bonds. The van der Waals surface area contributed by atoms with Crippen molar-refractivity contribution in [2.24, 2.45) is 0 Å². The lowest BCUT2D eigenvalue weighted by Crippen LogP contribution is -2.40. The summed E-state index contributed by atoms with van der Waals surface area (Å²) in [7, 11) is 3.43. The van der Waals surface area contributed by atoms with Gasteiger partial charge in [-0.05, 0) is 31.4 Å². The number of carbonyl (C=O) groups excluding carboxylic acids is 2. The minimum absolute atomic E-state index is 0.0906. The van der Waals surface area contributed by atoms with Gasteiger partial charge in [0.05, 0.1) is 17.7 Å². The number of hydrogen-bond acceptors (Lipinski definition) is 4. The van der Waals surface area contributed by atoms with Gasteiger partial charge < -0.3 is 14.8 Å². The molecule has 1 atom stereocenters. The number of amides is 2. The lowest BCUT2D eigenvalue weighted by molar-refractivity contribution is -0.131. The van der Waals surface area contributed by atoms with E-state index >= 15 is 0 Å². The van der Waals surface area contributed by atoms with Crippen LogP contribution in [0.15, 0.2) is 36.7 Å². The first kappa shape index (κ1) is 20.1. The highest BCUT2D eigenvalue weighted by atomic mass is 16.2. The second-order valence-electron chi connectivity index (χ2n) is 8.14. The van der Waals surface area contributed by atoms with Gasteiger partial charge in [-0.2, -0.15) is 0 Å². The number of para-hydroxylation sites is 1. The molecule has 1 aliphatic heterocycles. The number of nitrogens with one attached hydrogen (secondary N) is 1. The molecule has 1 fully saturated rings. The molecule has 7 nitrogen and oxygen atoms in total. The van der Waals surface area contributed by atoms with E-state index in [1.807, 2.05) is 42.3 Å². The molecule has 7 heteroatoms. The number of nitrogens with zero attached hydrogens (tertiary/aromatic N) is 4. The maximum atomic E-state index is 13.0. The van der Waals surface area contributed by atoms with Gasteiger partial charge in [-0.1, -0.05) is 18.2 Å². The van der Waals surface area contributed by atoms with Crippen LogP contribution in [0.1, 0.15) is 46.2 Å². The SMILES string of the molecule is Cc1nc(C2CCCN(C(=O)Cc3c[nH]c4ccccc34)C2)ncc1C(=O)N(C)C. The van der Waals surface area contributed by atoms with Crippen molar-refractivity contribution in [3.05, 3.63) is 59.3 Å². The minimum atomic E-state index is -0.0989. The fourth-order valence-corrected chi connectivity index (χ4v) is 4.10. The second kappa shape index (κ2) is 8.26. The van der Waals surface area contributed by atoms with Crippen molar-refractivity contribution in [3.63, 3.8) is 0 Å². The third-order valence-corrected chi connectivity index (χ3v) is 5.79. The maximum Gasteiger partial charge on any atom is 0.256 e. The standard InChI is InChI=1S/C23H27N5O2/c1-15-19(23(30)27(2)3)13-25-22(26-15)16-7-6-10-28(14-16)21(29)11-17-12-24-20-9-5-4-8-18(17)20/h4-5,8-9,12-13,16,24H,6-7,10-11,14H2,1-3H3. The van der Waals surface area contributed by atoms with Crippen molar-refractivity contribution in [1.82, 2.24) is 24.8 Å². The average Bonchev–Trinajstić information content (AvgIpc) is 3.16. The molecule has 1 aromatic carbocycles. The van der Waals surface area contributed by atoms with E-state index in [0.29, 0.717) is 30.0 Å². The number of rotatable bonds is 4. The van der Waals surface area contributed by atoms with Crippen LogP contribution in [0.5, 0.6) is 0 Å². The van der Waals surface area contributed by atoms with Crippen LogP contribution in [-0.2, 0) is 11.2 Å². The lowest BCUT2D eigenvalue weighted by atomic mass is 9.96. The fourth-order valence-electron chi connectivity index (χ4n) is 4.10. The Morgan fingerprint density at radius 3 is 2.83 bits per heavy atom. The molecule has 1 saturated heterocycles. The van der Waals surface area contributed by atoms with Crippen LogP contribution in [0, 0.1) is 6.92 Å². The Bertz CT molecular complexity index is 1090. The molecular weight excluding hydrogens is 378 g/mol. The number of piperidine rings is 1. The molecular formula is C23H27N5O2. The van der Waals surface area contributed by atoms with Crippen molar-refractivity contribution in [3.8, 4) is 0 Å². The first-order valence-electron chi connectivity index (χ1n) is 10.3. The third kappa shape index (κ3) is 3.92. The minimum Gasteiger partial charge on any atom is -0.361 e. The molecule has 0 spiro atoms. The zero-order chi connectivity index (χ0) is 21.3. The van der Waals surface area contributed by atoms with Crippen LogP contribution in [0.25, 0.3) is 10.9 Å². The fraction of sp³-hybridized carbons (Fsp3) is 0.391. The molecule has 0 radical (unpaired) electrons. The molecule has 3 aromatic rings. The first-order chi connectivity index (χ1) is 14.4. The lowest BCUT2D eigenvalue weighted by Gasteiger charge is -2.32. The zero-order valence-electron chi connectivity index (χ0n) is 17.7.